The van der Waals surface area contributed by atoms with Gasteiger partial charge in [0.15, 0.2) is 0 Å². The first-order valence-corrected chi connectivity index (χ1v) is 11.1. The van der Waals surface area contributed by atoms with Gasteiger partial charge in [-0.05, 0) is 49.0 Å². The number of hydrogen-bond donors (Lipinski definition) is 2. The fourth-order valence-corrected chi connectivity index (χ4v) is 5.43. The van der Waals surface area contributed by atoms with Crippen molar-refractivity contribution in [3.8, 4) is 16.9 Å². The van der Waals surface area contributed by atoms with Crippen LogP contribution in [0.5, 0.6) is 5.75 Å². The molecule has 3 aromatic rings. The Morgan fingerprint density at radius 3 is 2.48 bits per heavy atom. The van der Waals surface area contributed by atoms with Gasteiger partial charge in [0.25, 0.3) is 5.56 Å². The van der Waals surface area contributed by atoms with Gasteiger partial charge in [-0.3, -0.25) is 14.5 Å². The third-order valence-corrected chi connectivity index (χ3v) is 7.09. The monoisotopic (exact) mass is 445 g/mol. The zero-order chi connectivity index (χ0) is 23.1. The van der Waals surface area contributed by atoms with Crippen molar-refractivity contribution in [2.24, 2.45) is 11.8 Å². The molecule has 7 nitrogen and oxygen atoms in total. The number of ether oxygens (including phenoxy) is 1. The molecule has 0 unspecified atom stereocenters. The number of carbonyl (C=O) groups is 1. The van der Waals surface area contributed by atoms with Crippen LogP contribution in [0.1, 0.15) is 11.7 Å². The standard InChI is InChI=1S/C26H27N3O4/c1-28-22-14-29-21(13-12-19(26(29)32)16-8-10-18(33-2)11-9-16)24(28)23(20(22)15-30)25(31)27-17-6-4-3-5-7-17/h3-13,20,22-24,30H,14-15H2,1-2H3,(H,27,31)/t20-,22-,23+,24+/m1/s1. The number of anilines is 1. The summed E-state index contributed by atoms with van der Waals surface area (Å²) in [5.41, 5.74) is 2.87. The summed E-state index contributed by atoms with van der Waals surface area (Å²) in [6, 6.07) is 20.1. The maximum Gasteiger partial charge on any atom is 0.258 e. The van der Waals surface area contributed by atoms with Crippen molar-refractivity contribution in [3.63, 3.8) is 0 Å². The van der Waals surface area contributed by atoms with Crippen molar-refractivity contribution >= 4 is 11.6 Å². The van der Waals surface area contributed by atoms with Crippen molar-refractivity contribution in [1.29, 1.82) is 0 Å². The lowest BCUT2D eigenvalue weighted by Gasteiger charge is -2.35. The van der Waals surface area contributed by atoms with E-state index < -0.39 is 5.92 Å². The molecular weight excluding hydrogens is 418 g/mol. The number of carbonyl (C=O) groups excluding carboxylic acids is 1. The maximum absolute atomic E-state index is 13.5. The average Bonchev–Trinajstić information content (AvgIpc) is 3.02. The third-order valence-electron chi connectivity index (χ3n) is 7.09. The van der Waals surface area contributed by atoms with E-state index in [-0.39, 0.29) is 36.1 Å². The molecule has 2 aromatic carbocycles. The number of amides is 1. The van der Waals surface area contributed by atoms with Crippen LogP contribution in [0.15, 0.2) is 71.5 Å². The van der Waals surface area contributed by atoms with Crippen molar-refractivity contribution in [1.82, 2.24) is 9.47 Å². The van der Waals surface area contributed by atoms with Gasteiger partial charge in [0.2, 0.25) is 5.91 Å². The molecule has 7 heteroatoms. The van der Waals surface area contributed by atoms with Crippen LogP contribution in [0.2, 0.25) is 0 Å². The normalized spacial score (nSPS) is 23.7. The number of methoxy groups -OCH3 is 1. The third kappa shape index (κ3) is 3.53. The van der Waals surface area contributed by atoms with E-state index in [0.29, 0.717) is 12.1 Å². The van der Waals surface area contributed by atoms with Gasteiger partial charge >= 0.3 is 0 Å². The summed E-state index contributed by atoms with van der Waals surface area (Å²) < 4.78 is 7.01. The molecule has 2 bridgehead atoms. The van der Waals surface area contributed by atoms with E-state index in [4.69, 9.17) is 4.74 Å². The van der Waals surface area contributed by atoms with Crippen molar-refractivity contribution in [2.75, 3.05) is 26.1 Å². The maximum atomic E-state index is 13.5. The number of likely N-dealkylation sites (N-methyl/N-ethyl adjacent to an activating group) is 1. The largest absolute Gasteiger partial charge is 0.497 e. The highest BCUT2D eigenvalue weighted by Gasteiger charge is 2.54. The molecular formula is C26H27N3O4. The topological polar surface area (TPSA) is 83.8 Å². The van der Waals surface area contributed by atoms with Crippen LogP contribution >= 0.6 is 0 Å². The predicted molar refractivity (Wildman–Crippen MR) is 126 cm³/mol. The quantitative estimate of drug-likeness (QED) is 0.631. The Hall–Kier alpha value is -3.42. The van der Waals surface area contributed by atoms with E-state index in [0.717, 1.165) is 22.7 Å². The first kappa shape index (κ1) is 21.4. The Morgan fingerprint density at radius 1 is 1.09 bits per heavy atom. The Bertz CT molecular complexity index is 1220. The number of benzene rings is 2. The molecule has 2 aliphatic rings. The lowest BCUT2D eigenvalue weighted by molar-refractivity contribution is -0.122. The first-order valence-electron chi connectivity index (χ1n) is 11.1. The molecule has 33 heavy (non-hydrogen) atoms. The molecule has 4 atom stereocenters. The van der Waals surface area contributed by atoms with E-state index in [1.165, 1.54) is 0 Å². The fourth-order valence-electron chi connectivity index (χ4n) is 5.43. The Kier molecular flexibility index (Phi) is 5.52. The van der Waals surface area contributed by atoms with E-state index in [9.17, 15) is 14.7 Å². The molecule has 5 rings (SSSR count). The number of pyridine rings is 1. The van der Waals surface area contributed by atoms with Gasteiger partial charge in [0, 0.05) is 42.1 Å². The van der Waals surface area contributed by atoms with Crippen LogP contribution in [-0.2, 0) is 11.3 Å². The number of nitrogens with zero attached hydrogens (tertiary/aromatic N) is 2. The number of aliphatic hydroxyl groups is 1. The molecule has 0 aliphatic carbocycles. The molecule has 170 valence electrons. The van der Waals surface area contributed by atoms with Gasteiger partial charge in [0.05, 0.1) is 19.1 Å². The van der Waals surface area contributed by atoms with Gasteiger partial charge < -0.3 is 19.7 Å². The summed E-state index contributed by atoms with van der Waals surface area (Å²) in [6.45, 7) is 0.317. The number of fused-ring (bicyclic) bond motifs is 4. The van der Waals surface area contributed by atoms with Crippen molar-refractivity contribution in [2.45, 2.75) is 18.6 Å². The Morgan fingerprint density at radius 2 is 1.82 bits per heavy atom. The van der Waals surface area contributed by atoms with Crippen molar-refractivity contribution in [3.05, 3.63) is 82.8 Å². The Labute approximate surface area is 192 Å². The lowest BCUT2D eigenvalue weighted by atomic mass is 9.86. The zero-order valence-electron chi connectivity index (χ0n) is 18.6. The van der Waals surface area contributed by atoms with E-state index in [1.54, 1.807) is 11.7 Å². The van der Waals surface area contributed by atoms with Gasteiger partial charge in [-0.1, -0.05) is 30.3 Å². The fraction of sp³-hybridized carbons (Fsp3) is 0.308. The smallest absolute Gasteiger partial charge is 0.258 e. The molecule has 0 saturated carbocycles. The number of aromatic nitrogens is 1. The highest BCUT2D eigenvalue weighted by Crippen LogP contribution is 2.47. The molecule has 0 radical (unpaired) electrons. The second-order valence-corrected chi connectivity index (χ2v) is 8.72. The van der Waals surface area contributed by atoms with Gasteiger partial charge in [-0.15, -0.1) is 0 Å². The molecule has 2 aliphatic heterocycles. The SMILES string of the molecule is COc1ccc(-c2ccc3n(c2=O)C[C@@H]2[C@@H](CO)[C@H](C(=O)Nc4ccccc4)[C@H]3N2C)cc1. The number of hydrogen-bond acceptors (Lipinski definition) is 5. The average molecular weight is 446 g/mol. The summed E-state index contributed by atoms with van der Waals surface area (Å²) in [4.78, 5) is 29.0. The molecule has 0 spiro atoms. The minimum atomic E-state index is -0.467. The van der Waals surface area contributed by atoms with Gasteiger partial charge in [0.1, 0.15) is 5.75 Å². The number of aliphatic hydroxyl groups excluding tert-OH is 1. The Balaban J connectivity index is 1.53. The number of rotatable bonds is 5. The van der Waals surface area contributed by atoms with E-state index >= 15 is 0 Å². The molecule has 1 aromatic heterocycles. The summed E-state index contributed by atoms with van der Waals surface area (Å²) in [7, 11) is 3.58. The molecule has 1 fully saturated rings. The predicted octanol–water partition coefficient (Wildman–Crippen LogP) is 2.76. The summed E-state index contributed by atoms with van der Waals surface area (Å²) in [5, 5.41) is 13.2. The molecule has 1 amide bonds. The molecule has 2 N–H and O–H groups in total. The summed E-state index contributed by atoms with van der Waals surface area (Å²) in [6.07, 6.45) is 0. The lowest BCUT2D eigenvalue weighted by Crippen LogP contribution is -2.44. The molecule has 1 saturated heterocycles. The summed E-state index contributed by atoms with van der Waals surface area (Å²) >= 11 is 0. The first-order chi connectivity index (χ1) is 16.0. The number of para-hydroxylation sites is 1. The van der Waals surface area contributed by atoms with Crippen molar-refractivity contribution < 1.29 is 14.6 Å². The van der Waals surface area contributed by atoms with Crippen LogP contribution in [0, 0.1) is 11.8 Å². The highest BCUT2D eigenvalue weighted by atomic mass is 16.5. The zero-order valence-corrected chi connectivity index (χ0v) is 18.6. The van der Waals surface area contributed by atoms with Crippen LogP contribution in [-0.4, -0.2) is 47.3 Å². The minimum absolute atomic E-state index is 0.0819. The minimum Gasteiger partial charge on any atom is -0.497 e. The van der Waals surface area contributed by atoms with E-state index in [1.807, 2.05) is 73.8 Å². The van der Waals surface area contributed by atoms with Gasteiger partial charge in [-0.25, -0.2) is 0 Å². The van der Waals surface area contributed by atoms with Crippen LogP contribution in [0.25, 0.3) is 11.1 Å². The molecule has 3 heterocycles. The summed E-state index contributed by atoms with van der Waals surface area (Å²) in [5.74, 6) is -0.146. The van der Waals surface area contributed by atoms with Crippen LogP contribution in [0.4, 0.5) is 5.69 Å². The second kappa shape index (κ2) is 8.50. The second-order valence-electron chi connectivity index (χ2n) is 8.72. The highest BCUT2D eigenvalue weighted by molar-refractivity contribution is 5.93. The van der Waals surface area contributed by atoms with Crippen LogP contribution < -0.4 is 15.6 Å². The van der Waals surface area contributed by atoms with Crippen LogP contribution in [0.3, 0.4) is 0 Å². The number of nitrogens with one attached hydrogen (secondary N) is 1. The van der Waals surface area contributed by atoms with Gasteiger partial charge in [-0.2, -0.15) is 0 Å². The van der Waals surface area contributed by atoms with E-state index in [2.05, 4.69) is 10.2 Å².